The predicted octanol–water partition coefficient (Wildman–Crippen LogP) is 4.99. The van der Waals surface area contributed by atoms with Gasteiger partial charge in [0.05, 0.1) is 17.2 Å². The van der Waals surface area contributed by atoms with Crippen molar-refractivity contribution in [3.8, 4) is 11.1 Å². The Morgan fingerprint density at radius 2 is 1.70 bits per heavy atom. The van der Waals surface area contributed by atoms with E-state index in [1.165, 1.54) is 0 Å². The van der Waals surface area contributed by atoms with Crippen molar-refractivity contribution in [2.24, 2.45) is 5.92 Å². The zero-order valence-corrected chi connectivity index (χ0v) is 15.9. The Kier molecular flexibility index (Phi) is 5.51. The van der Waals surface area contributed by atoms with Crippen LogP contribution in [0.25, 0.3) is 11.1 Å². The standard InChI is InChI=1S/C19H21ClF3N3O/c1-26(2)18-24-16(12-3-7-13(8-4-12)19(21,22)23)15(17(27)25-18)11-5-9-14(20)10-6-11/h5-6,9-10,12-13H,3-4,7-8H2,1-2H3,(H,24,25,27). The lowest BCUT2D eigenvalue weighted by molar-refractivity contribution is -0.182. The first-order valence-electron chi connectivity index (χ1n) is 8.81. The van der Waals surface area contributed by atoms with Gasteiger partial charge < -0.3 is 4.90 Å². The third-order valence-corrected chi connectivity index (χ3v) is 5.32. The van der Waals surface area contributed by atoms with Gasteiger partial charge in [0.2, 0.25) is 5.95 Å². The predicted molar refractivity (Wildman–Crippen MR) is 100 cm³/mol. The molecule has 0 saturated heterocycles. The molecular formula is C19H21ClF3N3O. The smallest absolute Gasteiger partial charge is 0.348 e. The Balaban J connectivity index is 2.02. The normalized spacial score (nSPS) is 20.5. The molecule has 4 nitrogen and oxygen atoms in total. The van der Waals surface area contributed by atoms with Crippen LogP contribution in [0.1, 0.15) is 37.3 Å². The minimum atomic E-state index is -4.17. The van der Waals surface area contributed by atoms with Gasteiger partial charge in [0, 0.05) is 25.0 Å². The van der Waals surface area contributed by atoms with E-state index in [4.69, 9.17) is 11.6 Å². The third kappa shape index (κ3) is 4.29. The second kappa shape index (κ2) is 7.54. The number of benzene rings is 1. The molecule has 3 rings (SSSR count). The van der Waals surface area contributed by atoms with Gasteiger partial charge in [-0.15, -0.1) is 0 Å². The molecule has 0 spiro atoms. The van der Waals surface area contributed by atoms with Crippen LogP contribution in [-0.2, 0) is 0 Å². The minimum absolute atomic E-state index is 0.0556. The third-order valence-electron chi connectivity index (χ3n) is 5.07. The summed E-state index contributed by atoms with van der Waals surface area (Å²) in [4.78, 5) is 21.8. The van der Waals surface area contributed by atoms with Crippen molar-refractivity contribution < 1.29 is 13.2 Å². The summed E-state index contributed by atoms with van der Waals surface area (Å²) < 4.78 is 39.0. The number of halogens is 4. The average Bonchev–Trinajstić information content (AvgIpc) is 2.61. The Morgan fingerprint density at radius 3 is 2.22 bits per heavy atom. The highest BCUT2D eigenvalue weighted by Crippen LogP contribution is 2.44. The number of aromatic nitrogens is 2. The van der Waals surface area contributed by atoms with Crippen LogP contribution in [0.15, 0.2) is 29.1 Å². The molecule has 27 heavy (non-hydrogen) atoms. The van der Waals surface area contributed by atoms with Gasteiger partial charge in [-0.1, -0.05) is 23.7 Å². The molecule has 146 valence electrons. The first kappa shape index (κ1) is 19.7. The lowest BCUT2D eigenvalue weighted by atomic mass is 9.78. The van der Waals surface area contributed by atoms with E-state index in [0.717, 1.165) is 0 Å². The van der Waals surface area contributed by atoms with E-state index in [-0.39, 0.29) is 24.3 Å². The average molecular weight is 400 g/mol. The van der Waals surface area contributed by atoms with E-state index in [9.17, 15) is 18.0 Å². The van der Waals surface area contributed by atoms with Crippen LogP contribution in [-0.4, -0.2) is 30.2 Å². The molecule has 1 aromatic heterocycles. The number of alkyl halides is 3. The summed E-state index contributed by atoms with van der Waals surface area (Å²) in [6.45, 7) is 0. The van der Waals surface area contributed by atoms with Crippen LogP contribution in [0.5, 0.6) is 0 Å². The number of hydrogen-bond donors (Lipinski definition) is 1. The van der Waals surface area contributed by atoms with Crippen LogP contribution in [0.4, 0.5) is 19.1 Å². The molecule has 1 saturated carbocycles. The Labute approximate surface area is 160 Å². The molecule has 0 bridgehead atoms. The van der Waals surface area contributed by atoms with E-state index in [2.05, 4.69) is 9.97 Å². The van der Waals surface area contributed by atoms with Gasteiger partial charge in [-0.2, -0.15) is 13.2 Å². The molecule has 0 atom stereocenters. The van der Waals surface area contributed by atoms with Crippen molar-refractivity contribution in [2.75, 3.05) is 19.0 Å². The van der Waals surface area contributed by atoms with Crippen LogP contribution in [0.3, 0.4) is 0 Å². The molecule has 1 heterocycles. The van der Waals surface area contributed by atoms with Crippen molar-refractivity contribution in [3.63, 3.8) is 0 Å². The lowest BCUT2D eigenvalue weighted by Crippen LogP contribution is -2.29. The molecule has 1 N–H and O–H groups in total. The maximum absolute atomic E-state index is 13.0. The molecule has 8 heteroatoms. The topological polar surface area (TPSA) is 49.0 Å². The Morgan fingerprint density at radius 1 is 1.11 bits per heavy atom. The Bertz CT molecular complexity index is 854. The second-order valence-electron chi connectivity index (χ2n) is 7.14. The van der Waals surface area contributed by atoms with E-state index in [1.54, 1.807) is 43.3 Å². The van der Waals surface area contributed by atoms with Gasteiger partial charge in [-0.3, -0.25) is 9.78 Å². The second-order valence-corrected chi connectivity index (χ2v) is 7.58. The number of aromatic amines is 1. The molecule has 1 fully saturated rings. The summed E-state index contributed by atoms with van der Waals surface area (Å²) in [6.07, 6.45) is -3.34. The number of rotatable bonds is 3. The number of nitrogens with zero attached hydrogens (tertiary/aromatic N) is 2. The number of hydrogen-bond acceptors (Lipinski definition) is 3. The van der Waals surface area contributed by atoms with E-state index in [1.807, 2.05) is 0 Å². The number of anilines is 1. The van der Waals surface area contributed by atoms with Gasteiger partial charge in [-0.05, 0) is 43.4 Å². The minimum Gasteiger partial charge on any atom is -0.348 e. The zero-order valence-electron chi connectivity index (χ0n) is 15.1. The van der Waals surface area contributed by atoms with Crippen molar-refractivity contribution in [3.05, 3.63) is 45.3 Å². The van der Waals surface area contributed by atoms with Crippen molar-refractivity contribution in [1.82, 2.24) is 9.97 Å². The molecule has 0 amide bonds. The molecule has 2 aromatic rings. The van der Waals surface area contributed by atoms with Gasteiger partial charge in [0.1, 0.15) is 0 Å². The van der Waals surface area contributed by atoms with E-state index < -0.39 is 12.1 Å². The fourth-order valence-electron chi connectivity index (χ4n) is 3.58. The monoisotopic (exact) mass is 399 g/mol. The highest BCUT2D eigenvalue weighted by atomic mass is 35.5. The van der Waals surface area contributed by atoms with Crippen LogP contribution >= 0.6 is 11.6 Å². The molecule has 0 aliphatic heterocycles. The van der Waals surface area contributed by atoms with Crippen molar-refractivity contribution in [2.45, 2.75) is 37.8 Å². The number of H-pyrrole nitrogens is 1. The largest absolute Gasteiger partial charge is 0.391 e. The quantitative estimate of drug-likeness (QED) is 0.790. The van der Waals surface area contributed by atoms with Crippen LogP contribution in [0.2, 0.25) is 5.02 Å². The van der Waals surface area contributed by atoms with E-state index in [0.29, 0.717) is 40.6 Å². The highest BCUT2D eigenvalue weighted by molar-refractivity contribution is 6.30. The molecule has 1 aliphatic carbocycles. The molecule has 0 unspecified atom stereocenters. The first-order valence-corrected chi connectivity index (χ1v) is 9.18. The van der Waals surface area contributed by atoms with Gasteiger partial charge in [0.15, 0.2) is 0 Å². The summed E-state index contributed by atoms with van der Waals surface area (Å²) in [5.74, 6) is -1.07. The lowest BCUT2D eigenvalue weighted by Gasteiger charge is -2.30. The van der Waals surface area contributed by atoms with Crippen LogP contribution < -0.4 is 10.5 Å². The van der Waals surface area contributed by atoms with Gasteiger partial charge in [-0.25, -0.2) is 4.98 Å². The maximum Gasteiger partial charge on any atom is 0.391 e. The van der Waals surface area contributed by atoms with Crippen molar-refractivity contribution in [1.29, 1.82) is 0 Å². The fraction of sp³-hybridized carbons (Fsp3) is 0.474. The molecular weight excluding hydrogens is 379 g/mol. The number of nitrogens with one attached hydrogen (secondary N) is 1. The summed E-state index contributed by atoms with van der Waals surface area (Å²) in [5, 5.41) is 0.542. The first-order chi connectivity index (χ1) is 12.7. The maximum atomic E-state index is 13.0. The molecule has 0 radical (unpaired) electrons. The summed E-state index contributed by atoms with van der Waals surface area (Å²) in [7, 11) is 3.51. The highest BCUT2D eigenvalue weighted by Gasteiger charge is 2.42. The van der Waals surface area contributed by atoms with Gasteiger partial charge in [0.25, 0.3) is 5.56 Å². The fourth-order valence-corrected chi connectivity index (χ4v) is 3.70. The summed E-state index contributed by atoms with van der Waals surface area (Å²) in [5.41, 5.74) is 1.33. The van der Waals surface area contributed by atoms with Crippen LogP contribution in [0, 0.1) is 5.92 Å². The van der Waals surface area contributed by atoms with E-state index >= 15 is 0 Å². The van der Waals surface area contributed by atoms with Gasteiger partial charge >= 0.3 is 6.18 Å². The summed E-state index contributed by atoms with van der Waals surface area (Å²) in [6, 6.07) is 6.82. The SMILES string of the molecule is CN(C)c1nc(C2CCC(C(F)(F)F)CC2)c(-c2ccc(Cl)cc2)c(=O)[nH]1. The summed E-state index contributed by atoms with van der Waals surface area (Å²) >= 11 is 5.94. The zero-order chi connectivity index (χ0) is 19.8. The van der Waals surface area contributed by atoms with Crippen molar-refractivity contribution >= 4 is 17.5 Å². The molecule has 1 aromatic carbocycles. The Hall–Kier alpha value is -2.02. The molecule has 1 aliphatic rings.